The van der Waals surface area contributed by atoms with Crippen molar-refractivity contribution >= 4 is 0 Å². The van der Waals surface area contributed by atoms with Gasteiger partial charge in [0, 0.05) is 6.54 Å². The van der Waals surface area contributed by atoms with Gasteiger partial charge in [-0.3, -0.25) is 4.90 Å². The summed E-state index contributed by atoms with van der Waals surface area (Å²) in [7, 11) is 0. The van der Waals surface area contributed by atoms with E-state index in [1.807, 2.05) is 4.90 Å². The van der Waals surface area contributed by atoms with Gasteiger partial charge < -0.3 is 20.4 Å². The van der Waals surface area contributed by atoms with Crippen LogP contribution in [0.1, 0.15) is 58.8 Å². The quantitative estimate of drug-likeness (QED) is 0.454. The highest BCUT2D eigenvalue weighted by molar-refractivity contribution is 4.93. The monoisotopic (exact) mass is 317 g/mol. The number of aliphatic hydroxyl groups is 4. The Morgan fingerprint density at radius 1 is 0.909 bits per heavy atom. The topological polar surface area (TPSA) is 84.2 Å². The van der Waals surface area contributed by atoms with Crippen LogP contribution in [0.2, 0.25) is 0 Å². The second kappa shape index (κ2) is 10.6. The van der Waals surface area contributed by atoms with Gasteiger partial charge in [-0.05, 0) is 18.9 Å². The Morgan fingerprint density at radius 2 is 1.50 bits per heavy atom. The van der Waals surface area contributed by atoms with E-state index >= 15 is 0 Å². The summed E-state index contributed by atoms with van der Waals surface area (Å²) in [5.41, 5.74) is 0. The lowest BCUT2D eigenvalue weighted by molar-refractivity contribution is -0.145. The van der Waals surface area contributed by atoms with E-state index in [-0.39, 0.29) is 6.61 Å². The van der Waals surface area contributed by atoms with Gasteiger partial charge in [0.1, 0.15) is 12.2 Å². The molecule has 5 nitrogen and oxygen atoms in total. The van der Waals surface area contributed by atoms with E-state index in [2.05, 4.69) is 13.8 Å². The number of rotatable bonds is 10. The van der Waals surface area contributed by atoms with Crippen LogP contribution in [0.5, 0.6) is 0 Å². The molecule has 132 valence electrons. The molecular weight excluding hydrogens is 282 g/mol. The third-order valence-corrected chi connectivity index (χ3v) is 4.69. The minimum atomic E-state index is -1.16. The van der Waals surface area contributed by atoms with Crippen LogP contribution in [0, 0.1) is 5.92 Å². The molecule has 1 fully saturated rings. The van der Waals surface area contributed by atoms with Crippen molar-refractivity contribution in [1.82, 2.24) is 4.90 Å². The molecule has 0 bridgehead atoms. The lowest BCUT2D eigenvalue weighted by atomic mass is 9.94. The van der Waals surface area contributed by atoms with Crippen molar-refractivity contribution in [2.45, 2.75) is 83.1 Å². The second-order valence-electron chi connectivity index (χ2n) is 7.10. The molecule has 0 amide bonds. The van der Waals surface area contributed by atoms with Crippen molar-refractivity contribution in [3.63, 3.8) is 0 Å². The SMILES string of the molecule is CC(C)CCCCCCCCN1C[C@H](O)[C@@H](O)[C@H](O)[C@H]1CO. The first-order chi connectivity index (χ1) is 10.5. The summed E-state index contributed by atoms with van der Waals surface area (Å²) in [6.07, 6.45) is 5.35. The summed E-state index contributed by atoms with van der Waals surface area (Å²) in [6, 6.07) is -0.468. The number of likely N-dealkylation sites (tertiary alicyclic amines) is 1. The number of hydrogen-bond donors (Lipinski definition) is 4. The molecule has 4 atom stereocenters. The zero-order valence-electron chi connectivity index (χ0n) is 14.2. The highest BCUT2D eigenvalue weighted by Gasteiger charge is 2.40. The van der Waals surface area contributed by atoms with Crippen LogP contribution < -0.4 is 0 Å². The number of aliphatic hydroxyl groups excluding tert-OH is 4. The molecule has 0 radical (unpaired) electrons. The van der Waals surface area contributed by atoms with E-state index < -0.39 is 24.4 Å². The van der Waals surface area contributed by atoms with Crippen LogP contribution >= 0.6 is 0 Å². The molecule has 0 unspecified atom stereocenters. The summed E-state index contributed by atoms with van der Waals surface area (Å²) >= 11 is 0. The molecule has 1 saturated heterocycles. The highest BCUT2D eigenvalue weighted by atomic mass is 16.4. The first-order valence-electron chi connectivity index (χ1n) is 8.86. The lowest BCUT2D eigenvalue weighted by Gasteiger charge is -2.43. The molecule has 0 aromatic rings. The Balaban J connectivity index is 2.15. The highest BCUT2D eigenvalue weighted by Crippen LogP contribution is 2.20. The number of β-amino-alcohol motifs (C(OH)–C–C–N with tert-alkyl or cyclic N) is 1. The van der Waals surface area contributed by atoms with Crippen LogP contribution in [-0.2, 0) is 0 Å². The number of unbranched alkanes of at least 4 members (excludes halogenated alkanes) is 5. The van der Waals surface area contributed by atoms with Gasteiger partial charge in [-0.1, -0.05) is 52.4 Å². The molecule has 22 heavy (non-hydrogen) atoms. The molecule has 5 heteroatoms. The lowest BCUT2D eigenvalue weighted by Crippen LogP contribution is -2.62. The van der Waals surface area contributed by atoms with E-state index in [0.29, 0.717) is 6.54 Å². The average molecular weight is 317 g/mol. The van der Waals surface area contributed by atoms with Crippen molar-refractivity contribution in [2.75, 3.05) is 19.7 Å². The summed E-state index contributed by atoms with van der Waals surface area (Å²) in [5.74, 6) is 0.794. The third kappa shape index (κ3) is 6.50. The van der Waals surface area contributed by atoms with Crippen molar-refractivity contribution in [1.29, 1.82) is 0 Å². The van der Waals surface area contributed by atoms with Crippen molar-refractivity contribution < 1.29 is 20.4 Å². The Kier molecular flexibility index (Phi) is 9.52. The number of hydrogen-bond acceptors (Lipinski definition) is 5. The molecule has 1 rings (SSSR count). The first kappa shape index (κ1) is 19.8. The summed E-state index contributed by atoms with van der Waals surface area (Å²) in [6.45, 7) is 5.39. The van der Waals surface area contributed by atoms with E-state index in [1.165, 1.54) is 32.1 Å². The molecule has 0 aromatic carbocycles. The predicted octanol–water partition coefficient (Wildman–Crippen LogP) is 1.13. The molecule has 0 aromatic heterocycles. The van der Waals surface area contributed by atoms with Gasteiger partial charge >= 0.3 is 0 Å². The van der Waals surface area contributed by atoms with E-state index in [4.69, 9.17) is 0 Å². The van der Waals surface area contributed by atoms with Crippen molar-refractivity contribution in [2.24, 2.45) is 5.92 Å². The maximum absolute atomic E-state index is 9.91. The molecule has 0 saturated carbocycles. The zero-order chi connectivity index (χ0) is 16.5. The molecule has 4 N–H and O–H groups in total. The number of piperidine rings is 1. The normalized spacial score (nSPS) is 30.1. The number of nitrogens with zero attached hydrogens (tertiary/aromatic N) is 1. The van der Waals surface area contributed by atoms with E-state index in [9.17, 15) is 20.4 Å². The van der Waals surface area contributed by atoms with E-state index in [1.54, 1.807) is 0 Å². The third-order valence-electron chi connectivity index (χ3n) is 4.69. The van der Waals surface area contributed by atoms with Gasteiger partial charge in [-0.15, -0.1) is 0 Å². The fourth-order valence-corrected chi connectivity index (χ4v) is 3.21. The van der Waals surface area contributed by atoms with Gasteiger partial charge in [0.15, 0.2) is 0 Å². The van der Waals surface area contributed by atoms with Crippen LogP contribution in [-0.4, -0.2) is 69.4 Å². The maximum Gasteiger partial charge on any atom is 0.109 e. The van der Waals surface area contributed by atoms with Gasteiger partial charge in [-0.2, -0.15) is 0 Å². The maximum atomic E-state index is 9.91. The zero-order valence-corrected chi connectivity index (χ0v) is 14.2. The Morgan fingerprint density at radius 3 is 2.09 bits per heavy atom. The second-order valence-corrected chi connectivity index (χ2v) is 7.10. The molecule has 1 aliphatic rings. The van der Waals surface area contributed by atoms with Gasteiger partial charge in [-0.25, -0.2) is 0 Å². The Hall–Kier alpha value is -0.200. The van der Waals surface area contributed by atoms with Gasteiger partial charge in [0.25, 0.3) is 0 Å². The predicted molar refractivity (Wildman–Crippen MR) is 87.6 cm³/mol. The van der Waals surface area contributed by atoms with Crippen molar-refractivity contribution in [3.8, 4) is 0 Å². The minimum absolute atomic E-state index is 0.194. The summed E-state index contributed by atoms with van der Waals surface area (Å²) in [4.78, 5) is 1.90. The fourth-order valence-electron chi connectivity index (χ4n) is 3.21. The van der Waals surface area contributed by atoms with Crippen LogP contribution in [0.4, 0.5) is 0 Å². The molecular formula is C17H35NO4. The van der Waals surface area contributed by atoms with Crippen LogP contribution in [0.3, 0.4) is 0 Å². The molecule has 1 heterocycles. The van der Waals surface area contributed by atoms with Crippen molar-refractivity contribution in [3.05, 3.63) is 0 Å². The Labute approximate surface area is 135 Å². The average Bonchev–Trinajstić information content (AvgIpc) is 2.47. The molecule has 1 aliphatic heterocycles. The molecule has 0 aliphatic carbocycles. The van der Waals surface area contributed by atoms with Crippen LogP contribution in [0.15, 0.2) is 0 Å². The van der Waals surface area contributed by atoms with Crippen LogP contribution in [0.25, 0.3) is 0 Å². The summed E-state index contributed by atoms with van der Waals surface area (Å²) in [5, 5.41) is 38.7. The fraction of sp³-hybridized carbons (Fsp3) is 1.00. The molecule has 0 spiro atoms. The summed E-state index contributed by atoms with van der Waals surface area (Å²) < 4.78 is 0. The standard InChI is InChI=1S/C17H35NO4/c1-13(2)9-7-5-3-4-6-8-10-18-11-15(20)17(22)16(21)14(18)12-19/h13-17,19-22H,3-12H2,1-2H3/t14-,15+,16-,17-/m1/s1. The van der Waals surface area contributed by atoms with Gasteiger partial charge in [0.2, 0.25) is 0 Å². The first-order valence-corrected chi connectivity index (χ1v) is 8.86. The largest absolute Gasteiger partial charge is 0.395 e. The van der Waals surface area contributed by atoms with E-state index in [0.717, 1.165) is 25.3 Å². The van der Waals surface area contributed by atoms with Gasteiger partial charge in [0.05, 0.1) is 18.8 Å². The Bertz CT molecular complexity index is 288. The smallest absolute Gasteiger partial charge is 0.109 e. The minimum Gasteiger partial charge on any atom is -0.395 e.